The molecule has 0 amide bonds. The van der Waals surface area contributed by atoms with Gasteiger partial charge in [0.2, 0.25) is 0 Å². The quantitative estimate of drug-likeness (QED) is 0.601. The lowest BCUT2D eigenvalue weighted by Crippen LogP contribution is -2.01. The van der Waals surface area contributed by atoms with Gasteiger partial charge >= 0.3 is 0 Å². The van der Waals surface area contributed by atoms with Crippen molar-refractivity contribution in [2.75, 3.05) is 5.32 Å². The smallest absolute Gasteiger partial charge is 0.293 e. The second kappa shape index (κ2) is 5.81. The van der Waals surface area contributed by atoms with E-state index in [4.69, 9.17) is 0 Å². The average Bonchev–Trinajstić information content (AvgIpc) is 2.73. The van der Waals surface area contributed by atoms with Crippen LogP contribution < -0.4 is 5.32 Å². The minimum Gasteiger partial charge on any atom is -0.375 e. The van der Waals surface area contributed by atoms with Crippen molar-refractivity contribution in [3.63, 3.8) is 0 Å². The van der Waals surface area contributed by atoms with E-state index >= 15 is 0 Å². The maximum atomic E-state index is 10.9. The normalized spacial score (nSPS) is 10.3. The van der Waals surface area contributed by atoms with Crippen LogP contribution in [-0.4, -0.2) is 4.92 Å². The van der Waals surface area contributed by atoms with Gasteiger partial charge in [0.1, 0.15) is 5.69 Å². The standard InChI is InChI=1S/C11H8Br2N2O2S/c12-7-1-2-9(10(5-7)15(16)17)14-6-11-8(13)3-4-18-11/h1-5,14H,6H2. The molecule has 0 unspecified atom stereocenters. The van der Waals surface area contributed by atoms with Crippen LogP contribution in [0, 0.1) is 10.1 Å². The van der Waals surface area contributed by atoms with Crippen LogP contribution in [0.3, 0.4) is 0 Å². The summed E-state index contributed by atoms with van der Waals surface area (Å²) in [6.45, 7) is 0.556. The molecular formula is C11H8Br2N2O2S. The zero-order chi connectivity index (χ0) is 13.1. The molecule has 0 bridgehead atoms. The summed E-state index contributed by atoms with van der Waals surface area (Å²) in [5.74, 6) is 0. The summed E-state index contributed by atoms with van der Waals surface area (Å²) in [4.78, 5) is 11.7. The molecule has 0 atom stereocenters. The van der Waals surface area contributed by atoms with E-state index in [9.17, 15) is 10.1 Å². The molecule has 0 aliphatic carbocycles. The maximum absolute atomic E-state index is 10.9. The van der Waals surface area contributed by atoms with Crippen molar-refractivity contribution in [1.29, 1.82) is 0 Å². The van der Waals surface area contributed by atoms with Crippen LogP contribution in [0.25, 0.3) is 0 Å². The summed E-state index contributed by atoms with van der Waals surface area (Å²) in [5.41, 5.74) is 0.584. The van der Waals surface area contributed by atoms with Crippen molar-refractivity contribution in [1.82, 2.24) is 0 Å². The van der Waals surface area contributed by atoms with Crippen molar-refractivity contribution in [3.05, 3.63) is 53.6 Å². The SMILES string of the molecule is O=[N+]([O-])c1cc(Br)ccc1NCc1sccc1Br. The molecule has 0 fully saturated rings. The van der Waals surface area contributed by atoms with E-state index in [1.165, 1.54) is 6.07 Å². The van der Waals surface area contributed by atoms with Gasteiger partial charge in [0, 0.05) is 19.9 Å². The van der Waals surface area contributed by atoms with Crippen LogP contribution in [-0.2, 0) is 6.54 Å². The molecule has 0 aliphatic heterocycles. The number of halogens is 2. The minimum absolute atomic E-state index is 0.0667. The van der Waals surface area contributed by atoms with Crippen LogP contribution >= 0.6 is 43.2 Å². The van der Waals surface area contributed by atoms with Crippen LogP contribution in [0.4, 0.5) is 11.4 Å². The molecule has 18 heavy (non-hydrogen) atoms. The van der Waals surface area contributed by atoms with E-state index in [2.05, 4.69) is 37.2 Å². The molecule has 94 valence electrons. The van der Waals surface area contributed by atoms with Crippen molar-refractivity contribution in [2.45, 2.75) is 6.54 Å². The van der Waals surface area contributed by atoms with Gasteiger partial charge in [-0.2, -0.15) is 0 Å². The molecule has 0 saturated heterocycles. The van der Waals surface area contributed by atoms with Crippen LogP contribution in [0.5, 0.6) is 0 Å². The zero-order valence-corrected chi connectivity index (χ0v) is 13.0. The molecule has 1 aromatic heterocycles. The molecule has 0 radical (unpaired) electrons. The van der Waals surface area contributed by atoms with Gasteiger partial charge in [-0.1, -0.05) is 15.9 Å². The van der Waals surface area contributed by atoms with Crippen molar-refractivity contribution in [3.8, 4) is 0 Å². The second-order valence-electron chi connectivity index (χ2n) is 3.46. The average molecular weight is 392 g/mol. The summed E-state index contributed by atoms with van der Waals surface area (Å²) in [5, 5.41) is 16.0. The lowest BCUT2D eigenvalue weighted by molar-refractivity contribution is -0.384. The third-order valence-corrected chi connectivity index (χ3v) is 4.71. The Morgan fingerprint density at radius 1 is 1.33 bits per heavy atom. The van der Waals surface area contributed by atoms with E-state index in [1.807, 2.05) is 11.4 Å². The van der Waals surface area contributed by atoms with Gasteiger partial charge in [-0.05, 0) is 39.5 Å². The first-order valence-electron chi connectivity index (χ1n) is 4.97. The van der Waals surface area contributed by atoms with Gasteiger partial charge in [0.25, 0.3) is 5.69 Å². The molecule has 0 spiro atoms. The number of rotatable bonds is 4. The molecule has 4 nitrogen and oxygen atoms in total. The van der Waals surface area contributed by atoms with Crippen molar-refractivity contribution < 1.29 is 4.92 Å². The highest BCUT2D eigenvalue weighted by molar-refractivity contribution is 9.10. The Balaban J connectivity index is 2.19. The first-order valence-corrected chi connectivity index (χ1v) is 7.44. The van der Waals surface area contributed by atoms with Crippen LogP contribution in [0.2, 0.25) is 0 Å². The fourth-order valence-corrected chi connectivity index (χ4v) is 3.21. The number of nitrogens with one attached hydrogen (secondary N) is 1. The molecule has 1 heterocycles. The second-order valence-corrected chi connectivity index (χ2v) is 6.23. The van der Waals surface area contributed by atoms with E-state index < -0.39 is 4.92 Å². The molecular weight excluding hydrogens is 384 g/mol. The lowest BCUT2D eigenvalue weighted by Gasteiger charge is -2.06. The monoisotopic (exact) mass is 390 g/mol. The number of hydrogen-bond acceptors (Lipinski definition) is 4. The summed E-state index contributed by atoms with van der Waals surface area (Å²) in [6, 6.07) is 6.92. The molecule has 1 N–H and O–H groups in total. The summed E-state index contributed by atoms with van der Waals surface area (Å²) < 4.78 is 1.71. The number of hydrogen-bond donors (Lipinski definition) is 1. The molecule has 0 aliphatic rings. The third-order valence-electron chi connectivity index (χ3n) is 2.29. The Bertz CT molecular complexity index is 586. The Labute approximate surface area is 124 Å². The number of anilines is 1. The Hall–Kier alpha value is -0.920. The summed E-state index contributed by atoms with van der Waals surface area (Å²) in [6.07, 6.45) is 0. The highest BCUT2D eigenvalue weighted by atomic mass is 79.9. The van der Waals surface area contributed by atoms with Crippen molar-refractivity contribution >= 4 is 54.6 Å². The zero-order valence-electron chi connectivity index (χ0n) is 9.02. The van der Waals surface area contributed by atoms with Gasteiger partial charge in [-0.3, -0.25) is 10.1 Å². The predicted molar refractivity (Wildman–Crippen MR) is 80.1 cm³/mol. The first-order chi connectivity index (χ1) is 8.58. The summed E-state index contributed by atoms with van der Waals surface area (Å²) >= 11 is 8.25. The molecule has 2 rings (SSSR count). The number of nitro groups is 1. The van der Waals surface area contributed by atoms with Gasteiger partial charge in [0.15, 0.2) is 0 Å². The van der Waals surface area contributed by atoms with E-state index in [1.54, 1.807) is 23.5 Å². The maximum Gasteiger partial charge on any atom is 0.293 e. The van der Waals surface area contributed by atoms with Gasteiger partial charge < -0.3 is 5.32 Å². The fraction of sp³-hybridized carbons (Fsp3) is 0.0909. The molecule has 0 saturated carbocycles. The summed E-state index contributed by atoms with van der Waals surface area (Å²) in [7, 11) is 0. The van der Waals surface area contributed by atoms with Crippen molar-refractivity contribution in [2.24, 2.45) is 0 Å². The lowest BCUT2D eigenvalue weighted by atomic mass is 10.2. The Kier molecular flexibility index (Phi) is 4.36. The van der Waals surface area contributed by atoms with Gasteiger partial charge in [-0.15, -0.1) is 11.3 Å². The topological polar surface area (TPSA) is 55.2 Å². The van der Waals surface area contributed by atoms with E-state index in [0.29, 0.717) is 16.7 Å². The van der Waals surface area contributed by atoms with E-state index in [0.717, 1.165) is 9.35 Å². The van der Waals surface area contributed by atoms with Crippen LogP contribution in [0.15, 0.2) is 38.6 Å². The van der Waals surface area contributed by atoms with Crippen LogP contribution in [0.1, 0.15) is 4.88 Å². The Morgan fingerprint density at radius 2 is 2.11 bits per heavy atom. The first kappa shape index (κ1) is 13.5. The number of nitrogens with zero attached hydrogens (tertiary/aromatic N) is 1. The fourth-order valence-electron chi connectivity index (χ4n) is 1.43. The van der Waals surface area contributed by atoms with Gasteiger partial charge in [0.05, 0.1) is 11.5 Å². The molecule has 2 aromatic rings. The Morgan fingerprint density at radius 3 is 2.72 bits per heavy atom. The number of nitro benzene ring substituents is 1. The predicted octanol–water partition coefficient (Wildman–Crippen LogP) is 4.79. The molecule has 7 heteroatoms. The minimum atomic E-state index is -0.392. The van der Waals surface area contributed by atoms with E-state index in [-0.39, 0.29) is 5.69 Å². The third kappa shape index (κ3) is 3.09. The largest absolute Gasteiger partial charge is 0.375 e. The number of thiophene rings is 1. The number of benzene rings is 1. The molecule has 1 aromatic carbocycles. The highest BCUT2D eigenvalue weighted by Gasteiger charge is 2.14. The van der Waals surface area contributed by atoms with Gasteiger partial charge in [-0.25, -0.2) is 0 Å². The highest BCUT2D eigenvalue weighted by Crippen LogP contribution is 2.30.